The summed E-state index contributed by atoms with van der Waals surface area (Å²) < 4.78 is 0. The Hall–Kier alpha value is -1.31. The van der Waals surface area contributed by atoms with Gasteiger partial charge in [-0.15, -0.1) is 0 Å². The molecular formula is C11H13NO. The van der Waals surface area contributed by atoms with Gasteiger partial charge in [0.2, 0.25) is 5.91 Å². The maximum atomic E-state index is 10.7. The zero-order valence-electron chi connectivity index (χ0n) is 7.71. The number of nitrogens with one attached hydrogen (secondary N) is 1. The lowest BCUT2D eigenvalue weighted by Gasteiger charge is -2.02. The van der Waals surface area contributed by atoms with E-state index in [0.717, 1.165) is 12.1 Å². The van der Waals surface area contributed by atoms with E-state index in [0.29, 0.717) is 6.42 Å². The van der Waals surface area contributed by atoms with Gasteiger partial charge < -0.3 is 5.32 Å². The second kappa shape index (κ2) is 4.65. The third-order valence-corrected chi connectivity index (χ3v) is 1.71. The largest absolute Gasteiger partial charge is 0.326 e. The summed E-state index contributed by atoms with van der Waals surface area (Å²) in [5.41, 5.74) is 2.02. The monoisotopic (exact) mass is 175 g/mol. The van der Waals surface area contributed by atoms with E-state index in [9.17, 15) is 4.79 Å². The van der Waals surface area contributed by atoms with Gasteiger partial charge in [0.15, 0.2) is 0 Å². The number of anilines is 1. The maximum absolute atomic E-state index is 10.7. The molecular weight excluding hydrogens is 162 g/mol. The minimum Gasteiger partial charge on any atom is -0.326 e. The molecule has 0 aliphatic carbocycles. The van der Waals surface area contributed by atoms with E-state index in [-0.39, 0.29) is 5.91 Å². The lowest BCUT2D eigenvalue weighted by Crippen LogP contribution is -2.05. The van der Waals surface area contributed by atoms with Crippen molar-refractivity contribution in [3.8, 4) is 0 Å². The van der Waals surface area contributed by atoms with Crippen LogP contribution in [0.25, 0.3) is 0 Å². The van der Waals surface area contributed by atoms with Crippen LogP contribution in [-0.4, -0.2) is 5.91 Å². The molecule has 0 saturated carbocycles. The summed E-state index contributed by atoms with van der Waals surface area (Å²) in [4.78, 5) is 10.7. The maximum Gasteiger partial charge on any atom is 0.221 e. The molecule has 1 aromatic rings. The van der Waals surface area contributed by atoms with E-state index in [2.05, 4.69) is 5.32 Å². The van der Waals surface area contributed by atoms with Gasteiger partial charge in [-0.05, 0) is 37.5 Å². The molecule has 1 aromatic carbocycles. The van der Waals surface area contributed by atoms with Crippen molar-refractivity contribution in [2.24, 2.45) is 0 Å². The highest BCUT2D eigenvalue weighted by atomic mass is 16.1. The molecule has 68 valence electrons. The fourth-order valence-electron chi connectivity index (χ4n) is 1.12. The van der Waals surface area contributed by atoms with Crippen LogP contribution in [0.1, 0.15) is 18.9 Å². The number of rotatable bonds is 3. The first kappa shape index (κ1) is 9.78. The van der Waals surface area contributed by atoms with Gasteiger partial charge in [-0.2, -0.15) is 0 Å². The highest BCUT2D eigenvalue weighted by molar-refractivity contribution is 5.88. The first-order valence-electron chi connectivity index (χ1n) is 4.29. The van der Waals surface area contributed by atoms with E-state index < -0.39 is 0 Å². The molecule has 0 aliphatic rings. The third-order valence-electron chi connectivity index (χ3n) is 1.71. The van der Waals surface area contributed by atoms with Crippen LogP contribution >= 0.6 is 0 Å². The van der Waals surface area contributed by atoms with Gasteiger partial charge in [0.05, 0.1) is 0 Å². The Balaban J connectivity index is 2.64. The minimum absolute atomic E-state index is 0.0495. The molecule has 0 spiro atoms. The van der Waals surface area contributed by atoms with Crippen LogP contribution in [0.2, 0.25) is 0 Å². The Morgan fingerprint density at radius 2 is 2.00 bits per heavy atom. The summed E-state index contributed by atoms with van der Waals surface area (Å²) in [7, 11) is 0. The third kappa shape index (κ3) is 3.28. The standard InChI is InChI=1S/C11H13NO/c1-3-4-10-5-7-11(8-6-10)12-9(2)13/h1,5-8H,3-4H2,2H3,(H,12,13). The van der Waals surface area contributed by atoms with Crippen molar-refractivity contribution in [3.05, 3.63) is 36.8 Å². The molecule has 0 atom stereocenters. The van der Waals surface area contributed by atoms with E-state index in [1.807, 2.05) is 24.3 Å². The van der Waals surface area contributed by atoms with Gasteiger partial charge in [0.25, 0.3) is 0 Å². The first-order chi connectivity index (χ1) is 6.22. The van der Waals surface area contributed by atoms with Crippen molar-refractivity contribution < 1.29 is 4.79 Å². The van der Waals surface area contributed by atoms with Crippen molar-refractivity contribution in [3.63, 3.8) is 0 Å². The van der Waals surface area contributed by atoms with E-state index in [1.54, 1.807) is 0 Å². The van der Waals surface area contributed by atoms with Crippen LogP contribution in [0, 0.1) is 6.92 Å². The van der Waals surface area contributed by atoms with Crippen LogP contribution < -0.4 is 5.32 Å². The molecule has 2 nitrogen and oxygen atoms in total. The van der Waals surface area contributed by atoms with Crippen molar-refractivity contribution in [1.82, 2.24) is 0 Å². The number of aryl methyl sites for hydroxylation is 1. The van der Waals surface area contributed by atoms with Gasteiger partial charge in [-0.1, -0.05) is 12.1 Å². The summed E-state index contributed by atoms with van der Waals surface area (Å²) in [5.74, 6) is -0.0495. The summed E-state index contributed by atoms with van der Waals surface area (Å²) in [6, 6.07) is 7.70. The molecule has 1 rings (SSSR count). The average molecular weight is 175 g/mol. The number of carbonyl (C=O) groups excluding carboxylic acids is 1. The Labute approximate surface area is 79.0 Å². The van der Waals surface area contributed by atoms with Gasteiger partial charge in [-0.25, -0.2) is 0 Å². The molecule has 0 aromatic heterocycles. The molecule has 2 heteroatoms. The predicted octanol–water partition coefficient (Wildman–Crippen LogP) is 2.29. The highest BCUT2D eigenvalue weighted by Crippen LogP contribution is 2.10. The van der Waals surface area contributed by atoms with Crippen molar-refractivity contribution in [1.29, 1.82) is 0 Å². The lowest BCUT2D eigenvalue weighted by atomic mass is 10.1. The SMILES string of the molecule is [CH]CCc1ccc(NC(C)=O)cc1. The quantitative estimate of drug-likeness (QED) is 0.750. The molecule has 13 heavy (non-hydrogen) atoms. The van der Waals surface area contributed by atoms with Crippen molar-refractivity contribution in [2.45, 2.75) is 19.8 Å². The normalized spacial score (nSPS) is 9.69. The second-order valence-electron chi connectivity index (χ2n) is 2.92. The van der Waals surface area contributed by atoms with Gasteiger partial charge >= 0.3 is 0 Å². The van der Waals surface area contributed by atoms with Crippen LogP contribution in [0.3, 0.4) is 0 Å². The number of amides is 1. The highest BCUT2D eigenvalue weighted by Gasteiger charge is 1.95. The molecule has 2 radical (unpaired) electrons. The topological polar surface area (TPSA) is 29.1 Å². The van der Waals surface area contributed by atoms with Crippen molar-refractivity contribution in [2.75, 3.05) is 5.32 Å². The minimum atomic E-state index is -0.0495. The molecule has 0 aliphatic heterocycles. The summed E-state index contributed by atoms with van der Waals surface area (Å²) in [6.07, 6.45) is 1.53. The lowest BCUT2D eigenvalue weighted by molar-refractivity contribution is -0.114. The van der Waals surface area contributed by atoms with Gasteiger partial charge in [0, 0.05) is 12.6 Å². The molecule has 0 fully saturated rings. The summed E-state index contributed by atoms with van der Waals surface area (Å²) in [5, 5.41) is 2.70. The number of benzene rings is 1. The first-order valence-corrected chi connectivity index (χ1v) is 4.29. The van der Waals surface area contributed by atoms with Crippen LogP contribution in [0.5, 0.6) is 0 Å². The zero-order chi connectivity index (χ0) is 9.68. The Morgan fingerprint density at radius 1 is 1.38 bits per heavy atom. The van der Waals surface area contributed by atoms with E-state index in [1.165, 1.54) is 12.5 Å². The summed E-state index contributed by atoms with van der Waals surface area (Å²) >= 11 is 0. The molecule has 1 N–H and O–H groups in total. The Morgan fingerprint density at radius 3 is 2.46 bits per heavy atom. The molecule has 1 amide bonds. The smallest absolute Gasteiger partial charge is 0.221 e. The fourth-order valence-corrected chi connectivity index (χ4v) is 1.12. The average Bonchev–Trinajstić information content (AvgIpc) is 2.08. The van der Waals surface area contributed by atoms with Crippen molar-refractivity contribution >= 4 is 11.6 Å². The number of hydrogen-bond donors (Lipinski definition) is 1. The second-order valence-corrected chi connectivity index (χ2v) is 2.92. The van der Waals surface area contributed by atoms with Crippen LogP contribution in [0.4, 0.5) is 5.69 Å². The zero-order valence-corrected chi connectivity index (χ0v) is 7.71. The predicted molar refractivity (Wildman–Crippen MR) is 53.4 cm³/mol. The Kier molecular flexibility index (Phi) is 3.50. The van der Waals surface area contributed by atoms with Gasteiger partial charge in [0.1, 0.15) is 0 Å². The van der Waals surface area contributed by atoms with Gasteiger partial charge in [-0.3, -0.25) is 4.79 Å². The summed E-state index contributed by atoms with van der Waals surface area (Å²) in [6.45, 7) is 6.90. The van der Waals surface area contributed by atoms with Crippen LogP contribution in [0.15, 0.2) is 24.3 Å². The van der Waals surface area contributed by atoms with Crippen LogP contribution in [-0.2, 0) is 11.2 Å². The number of carbonyl (C=O) groups is 1. The molecule has 0 bridgehead atoms. The van der Waals surface area contributed by atoms with E-state index >= 15 is 0 Å². The fraction of sp³-hybridized carbons (Fsp3) is 0.273. The van der Waals surface area contributed by atoms with E-state index in [4.69, 9.17) is 6.92 Å². The Bertz CT molecular complexity index is 277. The molecule has 0 heterocycles. The molecule has 0 unspecified atom stereocenters. The molecule has 0 saturated heterocycles. The number of hydrogen-bond acceptors (Lipinski definition) is 1.